The van der Waals surface area contributed by atoms with Crippen molar-refractivity contribution >= 4 is 5.69 Å². The van der Waals surface area contributed by atoms with E-state index in [-0.39, 0.29) is 12.1 Å². The average molecular weight is 236 g/mol. The molecule has 3 N–H and O–H groups in total. The Morgan fingerprint density at radius 1 is 1.59 bits per heavy atom. The molecule has 1 aromatic rings. The van der Waals surface area contributed by atoms with Crippen LogP contribution in [0.4, 0.5) is 5.69 Å². The molecule has 1 fully saturated rings. The number of nitrogens with one attached hydrogen (secondary N) is 1. The fourth-order valence-corrected chi connectivity index (χ4v) is 2.15. The number of nitrogens with two attached hydrogens (primary N) is 1. The van der Waals surface area contributed by atoms with Gasteiger partial charge >= 0.3 is 0 Å². The minimum Gasteiger partial charge on any atom is -0.497 e. The van der Waals surface area contributed by atoms with Gasteiger partial charge < -0.3 is 20.5 Å². The Hall–Kier alpha value is -1.26. The summed E-state index contributed by atoms with van der Waals surface area (Å²) >= 11 is 0. The number of ether oxygens (including phenoxy) is 2. The number of methoxy groups -OCH3 is 1. The number of rotatable bonds is 5. The molecular formula is C13H20N2O2. The largest absolute Gasteiger partial charge is 0.497 e. The normalized spacial score (nSPS) is 21.2. The third kappa shape index (κ3) is 3.11. The third-order valence-electron chi connectivity index (χ3n) is 3.09. The lowest BCUT2D eigenvalue weighted by molar-refractivity contribution is 0.0973. The van der Waals surface area contributed by atoms with Crippen molar-refractivity contribution in [3.05, 3.63) is 24.3 Å². The monoisotopic (exact) mass is 236 g/mol. The van der Waals surface area contributed by atoms with Gasteiger partial charge in [-0.3, -0.25) is 0 Å². The Morgan fingerprint density at radius 3 is 3.12 bits per heavy atom. The molecule has 2 unspecified atom stereocenters. The molecule has 2 rings (SSSR count). The van der Waals surface area contributed by atoms with Crippen molar-refractivity contribution in [2.24, 2.45) is 5.73 Å². The van der Waals surface area contributed by atoms with Gasteiger partial charge in [0.2, 0.25) is 0 Å². The predicted molar refractivity (Wildman–Crippen MR) is 68.4 cm³/mol. The smallest absolute Gasteiger partial charge is 0.120 e. The topological polar surface area (TPSA) is 56.5 Å². The molecule has 1 aromatic carbocycles. The van der Waals surface area contributed by atoms with Crippen LogP contribution < -0.4 is 15.8 Å². The quantitative estimate of drug-likeness (QED) is 0.815. The van der Waals surface area contributed by atoms with Crippen LogP contribution in [-0.4, -0.2) is 32.4 Å². The van der Waals surface area contributed by atoms with Crippen LogP contribution in [-0.2, 0) is 4.74 Å². The van der Waals surface area contributed by atoms with Crippen molar-refractivity contribution in [3.8, 4) is 5.75 Å². The first-order valence-electron chi connectivity index (χ1n) is 6.05. The summed E-state index contributed by atoms with van der Waals surface area (Å²) in [6, 6.07) is 8.04. The number of anilines is 1. The standard InChI is InChI=1S/C13H20N2O2/c1-16-11-5-2-4-10(8-11)15-12(9-14)13-6-3-7-17-13/h2,4-5,8,12-13,15H,3,6-7,9,14H2,1H3. The molecule has 0 spiro atoms. The minimum absolute atomic E-state index is 0.171. The Labute approximate surface area is 102 Å². The molecule has 1 heterocycles. The molecule has 0 aliphatic carbocycles. The minimum atomic E-state index is 0.171. The maximum Gasteiger partial charge on any atom is 0.120 e. The van der Waals surface area contributed by atoms with Gasteiger partial charge in [-0.05, 0) is 25.0 Å². The highest BCUT2D eigenvalue weighted by molar-refractivity contribution is 5.49. The van der Waals surface area contributed by atoms with Crippen LogP contribution in [0.25, 0.3) is 0 Å². The Balaban J connectivity index is 2.01. The SMILES string of the molecule is COc1cccc(NC(CN)C2CCCO2)c1. The van der Waals surface area contributed by atoms with Crippen LogP contribution >= 0.6 is 0 Å². The summed E-state index contributed by atoms with van der Waals surface area (Å²) in [6.07, 6.45) is 2.44. The van der Waals surface area contributed by atoms with E-state index in [1.165, 1.54) is 0 Å². The van der Waals surface area contributed by atoms with Crippen molar-refractivity contribution in [2.75, 3.05) is 25.6 Å². The van der Waals surface area contributed by atoms with Gasteiger partial charge in [-0.15, -0.1) is 0 Å². The Kier molecular flexibility index (Phi) is 4.23. The van der Waals surface area contributed by atoms with E-state index in [2.05, 4.69) is 5.32 Å². The second kappa shape index (κ2) is 5.89. The first-order valence-corrected chi connectivity index (χ1v) is 6.05. The lowest BCUT2D eigenvalue weighted by Gasteiger charge is -2.23. The lowest BCUT2D eigenvalue weighted by Crippen LogP contribution is -2.39. The first-order chi connectivity index (χ1) is 8.33. The molecule has 94 valence electrons. The van der Waals surface area contributed by atoms with E-state index in [9.17, 15) is 0 Å². The van der Waals surface area contributed by atoms with E-state index in [4.69, 9.17) is 15.2 Å². The lowest BCUT2D eigenvalue weighted by atomic mass is 10.1. The number of hydrogen-bond donors (Lipinski definition) is 2. The van der Waals surface area contributed by atoms with E-state index >= 15 is 0 Å². The van der Waals surface area contributed by atoms with Gasteiger partial charge in [0.15, 0.2) is 0 Å². The Bertz CT molecular complexity index is 351. The van der Waals surface area contributed by atoms with Gasteiger partial charge in [-0.2, -0.15) is 0 Å². The van der Waals surface area contributed by atoms with Crippen LogP contribution in [0.2, 0.25) is 0 Å². The van der Waals surface area contributed by atoms with E-state index in [1.807, 2.05) is 24.3 Å². The summed E-state index contributed by atoms with van der Waals surface area (Å²) in [5, 5.41) is 3.42. The zero-order valence-electron chi connectivity index (χ0n) is 10.2. The van der Waals surface area contributed by atoms with Crippen molar-refractivity contribution in [3.63, 3.8) is 0 Å². The highest BCUT2D eigenvalue weighted by atomic mass is 16.5. The maximum atomic E-state index is 5.80. The molecule has 0 bridgehead atoms. The molecule has 17 heavy (non-hydrogen) atoms. The summed E-state index contributed by atoms with van der Waals surface area (Å²) in [7, 11) is 1.67. The van der Waals surface area contributed by atoms with E-state index in [1.54, 1.807) is 7.11 Å². The average Bonchev–Trinajstić information content (AvgIpc) is 2.90. The predicted octanol–water partition coefficient (Wildman–Crippen LogP) is 1.61. The van der Waals surface area contributed by atoms with Gasteiger partial charge in [0.1, 0.15) is 5.75 Å². The van der Waals surface area contributed by atoms with Gasteiger partial charge in [0, 0.05) is 24.9 Å². The van der Waals surface area contributed by atoms with Crippen LogP contribution in [0.15, 0.2) is 24.3 Å². The third-order valence-corrected chi connectivity index (χ3v) is 3.09. The van der Waals surface area contributed by atoms with Gasteiger partial charge in [0.25, 0.3) is 0 Å². The van der Waals surface area contributed by atoms with Crippen LogP contribution in [0.1, 0.15) is 12.8 Å². The van der Waals surface area contributed by atoms with Crippen LogP contribution in [0.3, 0.4) is 0 Å². The van der Waals surface area contributed by atoms with Crippen molar-refractivity contribution in [1.29, 1.82) is 0 Å². The molecule has 1 aliphatic rings. The maximum absolute atomic E-state index is 5.80. The zero-order chi connectivity index (χ0) is 12.1. The van der Waals surface area contributed by atoms with E-state index in [0.717, 1.165) is 30.9 Å². The fraction of sp³-hybridized carbons (Fsp3) is 0.538. The molecular weight excluding hydrogens is 216 g/mol. The first kappa shape index (κ1) is 12.2. The van der Waals surface area contributed by atoms with Crippen molar-refractivity contribution < 1.29 is 9.47 Å². The second-order valence-electron chi connectivity index (χ2n) is 4.27. The molecule has 4 heteroatoms. The van der Waals surface area contributed by atoms with Crippen LogP contribution in [0, 0.1) is 0 Å². The van der Waals surface area contributed by atoms with Crippen LogP contribution in [0.5, 0.6) is 5.75 Å². The highest BCUT2D eigenvalue weighted by Gasteiger charge is 2.24. The molecule has 0 radical (unpaired) electrons. The van der Waals surface area contributed by atoms with Gasteiger partial charge in [-0.1, -0.05) is 6.07 Å². The molecule has 4 nitrogen and oxygen atoms in total. The molecule has 0 amide bonds. The van der Waals surface area contributed by atoms with Crippen molar-refractivity contribution in [1.82, 2.24) is 0 Å². The summed E-state index contributed by atoms with van der Waals surface area (Å²) in [6.45, 7) is 1.42. The van der Waals surface area contributed by atoms with E-state index in [0.29, 0.717) is 6.54 Å². The fourth-order valence-electron chi connectivity index (χ4n) is 2.15. The number of benzene rings is 1. The second-order valence-corrected chi connectivity index (χ2v) is 4.27. The summed E-state index contributed by atoms with van der Waals surface area (Å²) < 4.78 is 10.9. The highest BCUT2D eigenvalue weighted by Crippen LogP contribution is 2.21. The number of hydrogen-bond acceptors (Lipinski definition) is 4. The summed E-state index contributed by atoms with van der Waals surface area (Å²) in [4.78, 5) is 0. The van der Waals surface area contributed by atoms with Gasteiger partial charge in [0.05, 0.1) is 19.3 Å². The Morgan fingerprint density at radius 2 is 2.47 bits per heavy atom. The molecule has 1 aliphatic heterocycles. The molecule has 0 saturated carbocycles. The van der Waals surface area contributed by atoms with Gasteiger partial charge in [-0.25, -0.2) is 0 Å². The molecule has 1 saturated heterocycles. The van der Waals surface area contributed by atoms with Crippen molar-refractivity contribution in [2.45, 2.75) is 25.0 Å². The molecule has 2 atom stereocenters. The van der Waals surface area contributed by atoms with E-state index < -0.39 is 0 Å². The zero-order valence-corrected chi connectivity index (χ0v) is 10.2. The summed E-state index contributed by atoms with van der Waals surface area (Å²) in [5.41, 5.74) is 6.82. The molecule has 0 aromatic heterocycles. The summed E-state index contributed by atoms with van der Waals surface area (Å²) in [5.74, 6) is 0.845.